The van der Waals surface area contributed by atoms with Crippen LogP contribution in [0.3, 0.4) is 0 Å². The summed E-state index contributed by atoms with van der Waals surface area (Å²) in [6.07, 6.45) is 9.10. The highest BCUT2D eigenvalue weighted by atomic mass is 32.2. The van der Waals surface area contributed by atoms with Gasteiger partial charge < -0.3 is 4.74 Å². The molecule has 6 nitrogen and oxygen atoms in total. The Morgan fingerprint density at radius 1 is 1.17 bits per heavy atom. The normalized spacial score (nSPS) is 19.5. The van der Waals surface area contributed by atoms with E-state index in [4.69, 9.17) is 4.74 Å². The summed E-state index contributed by atoms with van der Waals surface area (Å²) >= 11 is 0. The number of aromatic nitrogens is 3. The van der Waals surface area contributed by atoms with Gasteiger partial charge in [0.05, 0.1) is 5.75 Å². The van der Waals surface area contributed by atoms with Gasteiger partial charge in [-0.05, 0) is 38.5 Å². The molecule has 0 N–H and O–H groups in total. The SMILES string of the molecule is Cc1nc(C2CC2)nn1S(=O)(=O)CCCOCCC1CCCC1. The third-order valence-corrected chi connectivity index (χ3v) is 6.47. The molecule has 1 aromatic heterocycles. The number of aryl methyl sites for hydroxylation is 1. The largest absolute Gasteiger partial charge is 0.381 e. The van der Waals surface area contributed by atoms with Crippen LogP contribution in [-0.4, -0.2) is 41.6 Å². The molecule has 2 saturated carbocycles. The molecule has 0 atom stereocenters. The Kier molecular flexibility index (Phi) is 5.36. The van der Waals surface area contributed by atoms with E-state index in [1.54, 1.807) is 6.92 Å². The summed E-state index contributed by atoms with van der Waals surface area (Å²) in [5.74, 6) is 2.39. The van der Waals surface area contributed by atoms with Crippen molar-refractivity contribution in [2.45, 2.75) is 64.2 Å². The molecule has 0 aromatic carbocycles. The molecule has 2 aliphatic carbocycles. The fourth-order valence-corrected chi connectivity index (χ4v) is 4.56. The van der Waals surface area contributed by atoms with Crippen molar-refractivity contribution >= 4 is 10.0 Å². The predicted octanol–water partition coefficient (Wildman–Crippen LogP) is 2.63. The molecular formula is C16H27N3O3S. The first-order valence-corrected chi connectivity index (χ1v) is 10.4. The summed E-state index contributed by atoms with van der Waals surface area (Å²) in [4.78, 5) is 4.28. The van der Waals surface area contributed by atoms with Crippen molar-refractivity contribution in [1.29, 1.82) is 0 Å². The summed E-state index contributed by atoms with van der Waals surface area (Å²) < 4.78 is 31.4. The van der Waals surface area contributed by atoms with Crippen molar-refractivity contribution in [3.63, 3.8) is 0 Å². The topological polar surface area (TPSA) is 74.1 Å². The van der Waals surface area contributed by atoms with Crippen LogP contribution in [0.15, 0.2) is 0 Å². The minimum atomic E-state index is -3.42. The molecular weight excluding hydrogens is 314 g/mol. The zero-order valence-electron chi connectivity index (χ0n) is 13.9. The highest BCUT2D eigenvalue weighted by molar-refractivity contribution is 7.89. The van der Waals surface area contributed by atoms with Gasteiger partial charge in [0, 0.05) is 19.1 Å². The summed E-state index contributed by atoms with van der Waals surface area (Å²) in [7, 11) is -3.42. The Labute approximate surface area is 138 Å². The fraction of sp³-hybridized carbons (Fsp3) is 0.875. The van der Waals surface area contributed by atoms with E-state index in [1.807, 2.05) is 0 Å². The van der Waals surface area contributed by atoms with Crippen molar-refractivity contribution in [3.05, 3.63) is 11.6 Å². The molecule has 0 amide bonds. The minimum Gasteiger partial charge on any atom is -0.381 e. The van der Waals surface area contributed by atoms with E-state index in [0.29, 0.717) is 30.6 Å². The van der Waals surface area contributed by atoms with Gasteiger partial charge in [-0.3, -0.25) is 0 Å². The molecule has 2 fully saturated rings. The lowest BCUT2D eigenvalue weighted by atomic mass is 10.1. The summed E-state index contributed by atoms with van der Waals surface area (Å²) in [6.45, 7) is 2.95. The third-order valence-electron chi connectivity index (χ3n) is 4.79. The van der Waals surface area contributed by atoms with Crippen molar-refractivity contribution in [2.24, 2.45) is 5.92 Å². The predicted molar refractivity (Wildman–Crippen MR) is 87.9 cm³/mol. The Bertz CT molecular complexity index is 617. The van der Waals surface area contributed by atoms with Crippen LogP contribution in [0.1, 0.15) is 68.9 Å². The number of rotatable bonds is 9. The Hall–Kier alpha value is -0.950. The number of hydrogen-bond acceptors (Lipinski definition) is 5. The van der Waals surface area contributed by atoms with Gasteiger partial charge in [0.25, 0.3) is 10.0 Å². The molecule has 0 aliphatic heterocycles. The lowest BCUT2D eigenvalue weighted by Gasteiger charge is -2.09. The lowest BCUT2D eigenvalue weighted by molar-refractivity contribution is 0.121. The van der Waals surface area contributed by atoms with E-state index in [-0.39, 0.29) is 5.75 Å². The van der Waals surface area contributed by atoms with Crippen LogP contribution in [0.25, 0.3) is 0 Å². The van der Waals surface area contributed by atoms with Crippen LogP contribution in [0, 0.1) is 12.8 Å². The molecule has 0 saturated heterocycles. The molecule has 7 heteroatoms. The van der Waals surface area contributed by atoms with Gasteiger partial charge >= 0.3 is 0 Å². The molecule has 0 spiro atoms. The molecule has 130 valence electrons. The van der Waals surface area contributed by atoms with Gasteiger partial charge in [-0.15, -0.1) is 9.19 Å². The van der Waals surface area contributed by atoms with Crippen molar-refractivity contribution in [2.75, 3.05) is 19.0 Å². The first-order chi connectivity index (χ1) is 11.1. The Morgan fingerprint density at radius 2 is 1.91 bits per heavy atom. The van der Waals surface area contributed by atoms with Gasteiger partial charge in [0.15, 0.2) is 5.82 Å². The second-order valence-corrected chi connectivity index (χ2v) is 8.77. The average molecular weight is 341 g/mol. The van der Waals surface area contributed by atoms with Crippen molar-refractivity contribution in [3.8, 4) is 0 Å². The lowest BCUT2D eigenvalue weighted by Crippen LogP contribution is -2.20. The van der Waals surface area contributed by atoms with Crippen molar-refractivity contribution < 1.29 is 13.2 Å². The zero-order valence-corrected chi connectivity index (χ0v) is 14.7. The van der Waals surface area contributed by atoms with E-state index in [2.05, 4.69) is 10.1 Å². The molecule has 1 aromatic rings. The summed E-state index contributed by atoms with van der Waals surface area (Å²) in [5, 5.41) is 4.19. The number of ether oxygens (including phenoxy) is 1. The monoisotopic (exact) mass is 341 g/mol. The molecule has 3 rings (SSSR count). The summed E-state index contributed by atoms with van der Waals surface area (Å²) in [5.41, 5.74) is 0. The van der Waals surface area contributed by atoms with Crippen LogP contribution in [0.5, 0.6) is 0 Å². The molecule has 1 heterocycles. The van der Waals surface area contributed by atoms with E-state index in [0.717, 1.165) is 35.9 Å². The molecule has 2 aliphatic rings. The first-order valence-electron chi connectivity index (χ1n) is 8.81. The van der Waals surface area contributed by atoms with E-state index < -0.39 is 10.0 Å². The second kappa shape index (κ2) is 7.30. The molecule has 23 heavy (non-hydrogen) atoms. The Balaban J connectivity index is 1.40. The second-order valence-electron chi connectivity index (χ2n) is 6.86. The van der Waals surface area contributed by atoms with Gasteiger partial charge in [0.1, 0.15) is 5.82 Å². The van der Waals surface area contributed by atoms with E-state index in [9.17, 15) is 8.42 Å². The number of nitrogens with zero attached hydrogens (tertiary/aromatic N) is 3. The highest BCUT2D eigenvalue weighted by Crippen LogP contribution is 2.38. The van der Waals surface area contributed by atoms with E-state index >= 15 is 0 Å². The maximum Gasteiger partial charge on any atom is 0.255 e. The molecule has 0 radical (unpaired) electrons. The zero-order chi connectivity index (χ0) is 16.3. The van der Waals surface area contributed by atoms with E-state index in [1.165, 1.54) is 25.7 Å². The van der Waals surface area contributed by atoms with Crippen LogP contribution in [0.2, 0.25) is 0 Å². The Morgan fingerprint density at radius 3 is 2.61 bits per heavy atom. The van der Waals surface area contributed by atoms with Crippen LogP contribution < -0.4 is 0 Å². The smallest absolute Gasteiger partial charge is 0.255 e. The maximum absolute atomic E-state index is 12.4. The summed E-state index contributed by atoms with van der Waals surface area (Å²) in [6, 6.07) is 0. The average Bonchev–Trinajstić information content (AvgIpc) is 3.08. The molecule has 0 bridgehead atoms. The van der Waals surface area contributed by atoms with Crippen molar-refractivity contribution in [1.82, 2.24) is 14.2 Å². The third kappa shape index (κ3) is 4.53. The van der Waals surface area contributed by atoms with Crippen LogP contribution in [0.4, 0.5) is 0 Å². The minimum absolute atomic E-state index is 0.0603. The quantitative estimate of drug-likeness (QED) is 0.646. The maximum atomic E-state index is 12.4. The first kappa shape index (κ1) is 16.9. The van der Waals surface area contributed by atoms with Gasteiger partial charge in [-0.25, -0.2) is 13.4 Å². The highest BCUT2D eigenvalue weighted by Gasteiger charge is 2.30. The van der Waals surface area contributed by atoms with Crippen LogP contribution >= 0.6 is 0 Å². The number of hydrogen-bond donors (Lipinski definition) is 0. The van der Waals surface area contributed by atoms with Crippen LogP contribution in [-0.2, 0) is 14.8 Å². The van der Waals surface area contributed by atoms with Gasteiger partial charge in [-0.2, -0.15) is 0 Å². The van der Waals surface area contributed by atoms with Gasteiger partial charge in [-0.1, -0.05) is 25.7 Å². The standard InChI is InChI=1S/C16H27N3O3S/c1-13-17-16(15-7-8-15)18-19(13)23(20,21)12-4-10-22-11-9-14-5-2-3-6-14/h14-15H,2-12H2,1H3. The molecule has 0 unspecified atom stereocenters. The van der Waals surface area contributed by atoms with Gasteiger partial charge in [0.2, 0.25) is 0 Å². The fourth-order valence-electron chi connectivity index (χ4n) is 3.26.